The number of aryl methyl sites for hydroxylation is 1. The van der Waals surface area contributed by atoms with Gasteiger partial charge in [0.05, 0.1) is 11.9 Å². The predicted octanol–water partition coefficient (Wildman–Crippen LogP) is 0.727. The minimum atomic E-state index is -0.423. The maximum atomic E-state index is 11.3. The van der Waals surface area contributed by atoms with Gasteiger partial charge in [-0.15, -0.1) is 0 Å². The van der Waals surface area contributed by atoms with E-state index in [1.807, 2.05) is 0 Å². The number of oxazole rings is 1. The lowest BCUT2D eigenvalue weighted by molar-refractivity contribution is -0.127. The van der Waals surface area contributed by atoms with Crippen molar-refractivity contribution in [3.63, 3.8) is 0 Å². The van der Waals surface area contributed by atoms with E-state index in [1.54, 1.807) is 25.2 Å². The largest absolute Gasteiger partial charge is 0.419 e. The number of amides is 1. The molecule has 1 N–H and O–H groups in total. The normalized spacial score (nSPS) is 10.6. The Morgan fingerprint density at radius 3 is 2.79 bits per heavy atom. The summed E-state index contributed by atoms with van der Waals surface area (Å²) >= 11 is 0. The Labute approximate surface area is 109 Å². The minimum Gasteiger partial charge on any atom is -0.408 e. The molecular weight excluding hydrogens is 248 g/mol. The van der Waals surface area contributed by atoms with Gasteiger partial charge in [0.2, 0.25) is 5.91 Å². The van der Waals surface area contributed by atoms with Crippen LogP contribution in [0.25, 0.3) is 11.1 Å². The molecule has 0 aliphatic rings. The van der Waals surface area contributed by atoms with Gasteiger partial charge in [-0.05, 0) is 24.6 Å². The fraction of sp³-hybridized carbons (Fsp3) is 0.308. The Balaban J connectivity index is 2.12. The Morgan fingerprint density at radius 2 is 2.11 bits per heavy atom. The molecule has 19 heavy (non-hydrogen) atoms. The maximum Gasteiger partial charge on any atom is 0.419 e. The van der Waals surface area contributed by atoms with Crippen molar-refractivity contribution < 1.29 is 14.0 Å². The number of hydrogen-bond acceptors (Lipinski definition) is 4. The summed E-state index contributed by atoms with van der Waals surface area (Å²) in [5.74, 6) is -0.920. The lowest BCUT2D eigenvalue weighted by Crippen LogP contribution is -2.24. The van der Waals surface area contributed by atoms with E-state index in [4.69, 9.17) is 4.42 Å². The van der Waals surface area contributed by atoms with Crippen molar-refractivity contribution in [2.75, 3.05) is 0 Å². The molecule has 0 spiro atoms. The van der Waals surface area contributed by atoms with Crippen LogP contribution in [-0.4, -0.2) is 16.3 Å². The summed E-state index contributed by atoms with van der Waals surface area (Å²) in [6.07, 6.45) is -0.122. The second-order valence-corrected chi connectivity index (χ2v) is 4.38. The first-order valence-electron chi connectivity index (χ1n) is 5.82. The van der Waals surface area contributed by atoms with Crippen LogP contribution in [0.3, 0.4) is 0 Å². The quantitative estimate of drug-likeness (QED) is 0.823. The van der Waals surface area contributed by atoms with Crippen LogP contribution in [-0.2, 0) is 23.2 Å². The van der Waals surface area contributed by atoms with E-state index < -0.39 is 5.76 Å². The molecule has 2 aromatic rings. The van der Waals surface area contributed by atoms with Crippen molar-refractivity contribution in [1.29, 1.82) is 0 Å². The maximum absolute atomic E-state index is 11.3. The third kappa shape index (κ3) is 2.90. The summed E-state index contributed by atoms with van der Waals surface area (Å²) in [7, 11) is 1.63. The van der Waals surface area contributed by atoms with Gasteiger partial charge in [0.15, 0.2) is 5.58 Å². The summed E-state index contributed by atoms with van der Waals surface area (Å²) in [5.41, 5.74) is 1.98. The average molecular weight is 262 g/mol. The summed E-state index contributed by atoms with van der Waals surface area (Å²) in [5, 5.41) is 2.63. The predicted molar refractivity (Wildman–Crippen MR) is 68.6 cm³/mol. The van der Waals surface area contributed by atoms with Crippen molar-refractivity contribution in [3.8, 4) is 0 Å². The van der Waals surface area contributed by atoms with E-state index in [1.165, 1.54) is 11.5 Å². The van der Waals surface area contributed by atoms with Gasteiger partial charge in [0.25, 0.3) is 0 Å². The first kappa shape index (κ1) is 13.1. The van der Waals surface area contributed by atoms with Crippen LogP contribution in [0, 0.1) is 0 Å². The minimum absolute atomic E-state index is 0.122. The molecule has 0 saturated carbocycles. The highest BCUT2D eigenvalue weighted by atomic mass is 16.4. The van der Waals surface area contributed by atoms with Crippen molar-refractivity contribution >= 4 is 22.8 Å². The number of aromatic nitrogens is 1. The Morgan fingerprint density at radius 1 is 1.37 bits per heavy atom. The summed E-state index contributed by atoms with van der Waals surface area (Å²) < 4.78 is 6.46. The van der Waals surface area contributed by atoms with E-state index in [0.29, 0.717) is 17.6 Å². The van der Waals surface area contributed by atoms with Crippen molar-refractivity contribution in [3.05, 3.63) is 34.3 Å². The zero-order chi connectivity index (χ0) is 14.0. The van der Waals surface area contributed by atoms with Crippen molar-refractivity contribution in [2.45, 2.75) is 19.9 Å². The number of hydrogen-bond donors (Lipinski definition) is 1. The van der Waals surface area contributed by atoms with Gasteiger partial charge in [0, 0.05) is 13.6 Å². The molecule has 1 aromatic heterocycles. The molecule has 0 radical (unpaired) electrons. The zero-order valence-corrected chi connectivity index (χ0v) is 10.7. The topological polar surface area (TPSA) is 81.3 Å². The van der Waals surface area contributed by atoms with Crippen LogP contribution in [0.2, 0.25) is 0 Å². The number of nitrogens with zero attached hydrogens (tertiary/aromatic N) is 1. The first-order valence-corrected chi connectivity index (χ1v) is 5.82. The number of carbonyl (C=O) groups is 2. The van der Waals surface area contributed by atoms with Crippen LogP contribution in [0.4, 0.5) is 0 Å². The number of Topliss-reactive ketones (excluding diaryl/α,β-unsaturated/α-hetero) is 1. The lowest BCUT2D eigenvalue weighted by atomic mass is 10.2. The molecule has 1 amide bonds. The van der Waals surface area contributed by atoms with Gasteiger partial charge in [-0.1, -0.05) is 6.07 Å². The molecule has 1 aromatic carbocycles. The number of fused-ring (bicyclic) bond motifs is 1. The lowest BCUT2D eigenvalue weighted by Gasteiger charge is -2.04. The summed E-state index contributed by atoms with van der Waals surface area (Å²) in [6.45, 7) is 1.66. The number of carbonyl (C=O) groups excluding carboxylic acids is 2. The van der Waals surface area contributed by atoms with Crippen LogP contribution in [0.5, 0.6) is 0 Å². The second kappa shape index (κ2) is 5.09. The number of nitrogens with one attached hydrogen (secondary N) is 1. The van der Waals surface area contributed by atoms with Crippen LogP contribution in [0.1, 0.15) is 18.9 Å². The highest BCUT2D eigenvalue weighted by molar-refractivity contribution is 5.96. The Hall–Kier alpha value is -2.37. The van der Waals surface area contributed by atoms with Gasteiger partial charge in [0.1, 0.15) is 5.78 Å². The highest BCUT2D eigenvalue weighted by Crippen LogP contribution is 2.14. The summed E-state index contributed by atoms with van der Waals surface area (Å²) in [4.78, 5) is 33.4. The van der Waals surface area contributed by atoms with Crippen molar-refractivity contribution in [1.82, 2.24) is 9.88 Å². The van der Waals surface area contributed by atoms with Crippen molar-refractivity contribution in [2.24, 2.45) is 7.05 Å². The zero-order valence-electron chi connectivity index (χ0n) is 10.7. The third-order valence-electron chi connectivity index (χ3n) is 2.76. The standard InChI is InChI=1S/C13H14N2O4/c1-8(16)5-12(17)14-7-9-3-4-10-11(6-9)19-13(18)15(10)2/h3-4,6H,5,7H2,1-2H3,(H,14,17). The monoisotopic (exact) mass is 262 g/mol. The van der Waals surface area contributed by atoms with E-state index in [2.05, 4.69) is 5.32 Å². The van der Waals surface area contributed by atoms with Gasteiger partial charge in [-0.2, -0.15) is 0 Å². The SMILES string of the molecule is CC(=O)CC(=O)NCc1ccc2c(c1)oc(=O)n2C. The molecule has 1 heterocycles. The summed E-state index contributed by atoms with van der Waals surface area (Å²) in [6, 6.07) is 5.25. The molecule has 0 saturated heterocycles. The molecule has 0 atom stereocenters. The van der Waals surface area contributed by atoms with E-state index in [0.717, 1.165) is 5.56 Å². The molecule has 6 nitrogen and oxygen atoms in total. The van der Waals surface area contributed by atoms with E-state index >= 15 is 0 Å². The molecule has 0 bridgehead atoms. The molecule has 2 rings (SSSR count). The van der Waals surface area contributed by atoms with E-state index in [9.17, 15) is 14.4 Å². The van der Waals surface area contributed by atoms with Gasteiger partial charge < -0.3 is 9.73 Å². The van der Waals surface area contributed by atoms with Gasteiger partial charge >= 0.3 is 5.76 Å². The number of benzene rings is 1. The molecule has 0 unspecified atom stereocenters. The molecule has 100 valence electrons. The third-order valence-corrected chi connectivity index (χ3v) is 2.76. The van der Waals surface area contributed by atoms with Gasteiger partial charge in [-0.25, -0.2) is 4.79 Å². The number of ketones is 1. The van der Waals surface area contributed by atoms with Crippen LogP contribution >= 0.6 is 0 Å². The fourth-order valence-corrected chi connectivity index (χ4v) is 1.78. The van der Waals surface area contributed by atoms with Crippen LogP contribution in [0.15, 0.2) is 27.4 Å². The second-order valence-electron chi connectivity index (χ2n) is 4.38. The molecule has 6 heteroatoms. The fourth-order valence-electron chi connectivity index (χ4n) is 1.78. The average Bonchev–Trinajstić information content (AvgIpc) is 2.61. The molecule has 0 aliphatic carbocycles. The first-order chi connectivity index (χ1) is 8.97. The Bertz CT molecular complexity index is 696. The van der Waals surface area contributed by atoms with Gasteiger partial charge in [-0.3, -0.25) is 14.2 Å². The molecule has 0 aliphatic heterocycles. The van der Waals surface area contributed by atoms with E-state index in [-0.39, 0.29) is 18.1 Å². The smallest absolute Gasteiger partial charge is 0.408 e. The molecular formula is C13H14N2O4. The number of rotatable bonds is 4. The van der Waals surface area contributed by atoms with Crippen LogP contribution < -0.4 is 11.1 Å². The Kier molecular flexibility index (Phi) is 3.50. The highest BCUT2D eigenvalue weighted by Gasteiger charge is 2.08. The molecule has 0 fully saturated rings.